The Morgan fingerprint density at radius 1 is 1.40 bits per heavy atom. The zero-order chi connectivity index (χ0) is 18.6. The van der Waals surface area contributed by atoms with Crippen LogP contribution in [0.4, 0.5) is 10.5 Å². The van der Waals surface area contributed by atoms with Crippen LogP contribution in [-0.4, -0.2) is 52.5 Å². The van der Waals surface area contributed by atoms with Gasteiger partial charge in [0.1, 0.15) is 0 Å². The van der Waals surface area contributed by atoms with Crippen LogP contribution in [0, 0.1) is 0 Å². The molecule has 0 radical (unpaired) electrons. The van der Waals surface area contributed by atoms with E-state index < -0.39 is 11.6 Å². The Balaban J connectivity index is 2.32. The second-order valence-electron chi connectivity index (χ2n) is 6.66. The van der Waals surface area contributed by atoms with Crippen LogP contribution in [0.3, 0.4) is 0 Å². The minimum atomic E-state index is -1.05. The van der Waals surface area contributed by atoms with Gasteiger partial charge in [-0.3, -0.25) is 9.69 Å². The zero-order valence-electron chi connectivity index (χ0n) is 14.9. The van der Waals surface area contributed by atoms with Crippen LogP contribution in [-0.2, 0) is 4.74 Å². The Labute approximate surface area is 146 Å². The third-order valence-corrected chi connectivity index (χ3v) is 3.68. The first kappa shape index (κ1) is 18.7. The van der Waals surface area contributed by atoms with E-state index in [9.17, 15) is 14.7 Å². The zero-order valence-corrected chi connectivity index (χ0v) is 14.9. The van der Waals surface area contributed by atoms with Gasteiger partial charge in [0.2, 0.25) is 0 Å². The molecule has 0 atom stereocenters. The monoisotopic (exact) mass is 348 g/mol. The van der Waals surface area contributed by atoms with E-state index in [4.69, 9.17) is 4.74 Å². The first-order valence-electron chi connectivity index (χ1n) is 8.03. The number of carboxylic acid groups (broad SMARTS) is 1. The summed E-state index contributed by atoms with van der Waals surface area (Å²) < 4.78 is 6.50. The predicted molar refractivity (Wildman–Crippen MR) is 94.3 cm³/mol. The topological polar surface area (TPSA) is 96.2 Å². The number of ether oxygens (including phenoxy) is 1. The largest absolute Gasteiger partial charge is 0.465 e. The molecular weight excluding hydrogens is 324 g/mol. The molecule has 2 rings (SSSR count). The second kappa shape index (κ2) is 7.52. The third-order valence-electron chi connectivity index (χ3n) is 3.68. The number of aromatic nitrogens is 2. The summed E-state index contributed by atoms with van der Waals surface area (Å²) in [4.78, 5) is 25.3. The lowest BCUT2D eigenvalue weighted by atomic mass is 10.1. The highest BCUT2D eigenvalue weighted by molar-refractivity contribution is 6.01. The summed E-state index contributed by atoms with van der Waals surface area (Å²) in [5.74, 6) is -0.249. The number of nitrogens with zero attached hydrogens (tertiary/aromatic N) is 3. The summed E-state index contributed by atoms with van der Waals surface area (Å²) in [6.07, 6.45) is 2.78. The molecule has 8 heteroatoms. The van der Waals surface area contributed by atoms with Crippen molar-refractivity contribution in [2.45, 2.75) is 32.7 Å². The highest BCUT2D eigenvalue weighted by Crippen LogP contribution is 2.26. The van der Waals surface area contributed by atoms with Crippen LogP contribution in [0.1, 0.15) is 37.6 Å². The van der Waals surface area contributed by atoms with Crippen molar-refractivity contribution in [2.24, 2.45) is 0 Å². The van der Waals surface area contributed by atoms with E-state index in [2.05, 4.69) is 10.4 Å². The Kier molecular flexibility index (Phi) is 5.63. The summed E-state index contributed by atoms with van der Waals surface area (Å²) in [5, 5.41) is 16.5. The SMILES string of the molecule is COCCCNC(=O)c1cnn2ccc(N(C(=O)O)C(C)(C)C)cc12. The maximum absolute atomic E-state index is 12.4. The van der Waals surface area contributed by atoms with Crippen molar-refractivity contribution in [3.63, 3.8) is 0 Å². The van der Waals surface area contributed by atoms with E-state index in [-0.39, 0.29) is 5.91 Å². The molecule has 2 heterocycles. The van der Waals surface area contributed by atoms with Gasteiger partial charge in [-0.05, 0) is 39.3 Å². The molecule has 2 aromatic rings. The Hall–Kier alpha value is -2.61. The summed E-state index contributed by atoms with van der Waals surface area (Å²) in [6.45, 7) is 6.49. The van der Waals surface area contributed by atoms with Crippen molar-refractivity contribution in [1.82, 2.24) is 14.9 Å². The van der Waals surface area contributed by atoms with Gasteiger partial charge in [0.05, 0.1) is 23.0 Å². The lowest BCUT2D eigenvalue weighted by molar-refractivity contribution is 0.0950. The van der Waals surface area contributed by atoms with Gasteiger partial charge in [-0.2, -0.15) is 5.10 Å². The smallest absolute Gasteiger partial charge is 0.412 e. The molecule has 0 aromatic carbocycles. The number of amides is 2. The van der Waals surface area contributed by atoms with Gasteiger partial charge < -0.3 is 15.2 Å². The summed E-state index contributed by atoms with van der Waals surface area (Å²) in [7, 11) is 1.61. The van der Waals surface area contributed by atoms with Crippen molar-refractivity contribution in [3.05, 3.63) is 30.1 Å². The summed E-state index contributed by atoms with van der Waals surface area (Å²) >= 11 is 0. The van der Waals surface area contributed by atoms with Gasteiger partial charge in [-0.25, -0.2) is 9.31 Å². The molecule has 2 amide bonds. The Morgan fingerprint density at radius 3 is 2.72 bits per heavy atom. The van der Waals surface area contributed by atoms with Crippen LogP contribution in [0.5, 0.6) is 0 Å². The number of methoxy groups -OCH3 is 1. The molecule has 0 saturated heterocycles. The molecule has 2 N–H and O–H groups in total. The third kappa shape index (κ3) is 4.27. The fourth-order valence-electron chi connectivity index (χ4n) is 2.58. The van der Waals surface area contributed by atoms with E-state index in [1.807, 2.05) is 20.8 Å². The molecule has 136 valence electrons. The van der Waals surface area contributed by atoms with Gasteiger partial charge in [0.25, 0.3) is 5.91 Å². The minimum absolute atomic E-state index is 0.249. The number of nitrogens with one attached hydrogen (secondary N) is 1. The van der Waals surface area contributed by atoms with Gasteiger partial charge >= 0.3 is 6.09 Å². The lowest BCUT2D eigenvalue weighted by Crippen LogP contribution is -2.45. The Morgan fingerprint density at radius 2 is 2.12 bits per heavy atom. The number of fused-ring (bicyclic) bond motifs is 1. The van der Waals surface area contributed by atoms with E-state index in [0.717, 1.165) is 0 Å². The Bertz CT molecular complexity index is 764. The lowest BCUT2D eigenvalue weighted by Gasteiger charge is -2.33. The molecule has 0 aliphatic carbocycles. The van der Waals surface area contributed by atoms with Crippen molar-refractivity contribution in [2.75, 3.05) is 25.2 Å². The van der Waals surface area contributed by atoms with E-state index in [1.165, 1.54) is 11.1 Å². The highest BCUT2D eigenvalue weighted by Gasteiger charge is 2.28. The molecular formula is C17H24N4O4. The maximum atomic E-state index is 12.4. The predicted octanol–water partition coefficient (Wildman–Crippen LogP) is 2.38. The standard InChI is InChI=1S/C17H24N4O4/c1-17(2,3)21(16(23)24)12-6-8-20-14(10-12)13(11-19-20)15(22)18-7-5-9-25-4/h6,8,10-11H,5,7,9H2,1-4H3,(H,18,22)(H,23,24). The molecule has 0 spiro atoms. The molecule has 8 nitrogen and oxygen atoms in total. The number of carbonyl (C=O) groups is 2. The molecule has 0 aliphatic rings. The van der Waals surface area contributed by atoms with Crippen molar-refractivity contribution >= 4 is 23.2 Å². The van der Waals surface area contributed by atoms with E-state index in [0.29, 0.717) is 36.3 Å². The van der Waals surface area contributed by atoms with Gasteiger partial charge in [0.15, 0.2) is 0 Å². The van der Waals surface area contributed by atoms with E-state index in [1.54, 1.807) is 30.0 Å². The van der Waals surface area contributed by atoms with Gasteiger partial charge in [-0.15, -0.1) is 0 Å². The molecule has 2 aromatic heterocycles. The van der Waals surface area contributed by atoms with Crippen molar-refractivity contribution < 1.29 is 19.4 Å². The number of anilines is 1. The average molecular weight is 348 g/mol. The summed E-state index contributed by atoms with van der Waals surface area (Å²) in [5.41, 5.74) is 0.824. The normalized spacial score (nSPS) is 11.5. The van der Waals surface area contributed by atoms with Crippen LogP contribution in [0.15, 0.2) is 24.5 Å². The fourth-order valence-corrected chi connectivity index (χ4v) is 2.58. The van der Waals surface area contributed by atoms with Gasteiger partial charge in [-0.1, -0.05) is 0 Å². The van der Waals surface area contributed by atoms with Crippen molar-refractivity contribution in [3.8, 4) is 0 Å². The molecule has 0 unspecified atom stereocenters. The molecule has 0 bridgehead atoms. The van der Waals surface area contributed by atoms with E-state index >= 15 is 0 Å². The van der Waals surface area contributed by atoms with Crippen LogP contribution >= 0.6 is 0 Å². The van der Waals surface area contributed by atoms with Crippen LogP contribution in [0.2, 0.25) is 0 Å². The number of pyridine rings is 1. The molecule has 0 saturated carbocycles. The first-order valence-corrected chi connectivity index (χ1v) is 8.03. The first-order chi connectivity index (χ1) is 11.8. The number of hydrogen-bond donors (Lipinski definition) is 2. The number of hydrogen-bond acceptors (Lipinski definition) is 4. The van der Waals surface area contributed by atoms with Crippen molar-refractivity contribution in [1.29, 1.82) is 0 Å². The maximum Gasteiger partial charge on any atom is 0.412 e. The van der Waals surface area contributed by atoms with Gasteiger partial charge in [0, 0.05) is 32.0 Å². The number of rotatable bonds is 6. The molecule has 0 aliphatic heterocycles. The minimum Gasteiger partial charge on any atom is -0.465 e. The van der Waals surface area contributed by atoms with Crippen LogP contribution in [0.25, 0.3) is 5.52 Å². The average Bonchev–Trinajstić information content (AvgIpc) is 2.93. The summed E-state index contributed by atoms with van der Waals surface area (Å²) in [6, 6.07) is 3.33. The fraction of sp³-hybridized carbons (Fsp3) is 0.471. The second-order valence-corrected chi connectivity index (χ2v) is 6.66. The molecule has 25 heavy (non-hydrogen) atoms. The molecule has 0 fully saturated rings. The quantitative estimate of drug-likeness (QED) is 0.782. The number of carbonyl (C=O) groups excluding carboxylic acids is 1. The van der Waals surface area contributed by atoms with Crippen LogP contribution < -0.4 is 10.2 Å². The highest BCUT2D eigenvalue weighted by atomic mass is 16.5.